The summed E-state index contributed by atoms with van der Waals surface area (Å²) in [5, 5.41) is 18.5. The number of benzene rings is 8. The van der Waals surface area contributed by atoms with E-state index in [1.807, 2.05) is 115 Å². The molecule has 1 unspecified atom stereocenters. The van der Waals surface area contributed by atoms with E-state index >= 15 is 0 Å². The van der Waals surface area contributed by atoms with E-state index in [0.29, 0.717) is 51.7 Å². The summed E-state index contributed by atoms with van der Waals surface area (Å²) in [5.41, 5.74) is 25.6. The Morgan fingerprint density at radius 1 is 0.325 bits per heavy atom. The summed E-state index contributed by atoms with van der Waals surface area (Å²) in [4.78, 5) is 83.8. The maximum absolute atomic E-state index is 11.0. The van der Waals surface area contributed by atoms with Gasteiger partial charge in [-0.2, -0.15) is 0 Å². The topological polar surface area (TPSA) is 300 Å². The van der Waals surface area contributed by atoms with Crippen LogP contribution in [0.1, 0.15) is 131 Å². The molecule has 612 valence electrons. The van der Waals surface area contributed by atoms with Crippen LogP contribution in [0.3, 0.4) is 0 Å². The fourth-order valence-electron chi connectivity index (χ4n) is 13.3. The molecule has 0 aliphatic heterocycles. The SMILES string of the molecule is CCCc1ccc(-c2ccc(CCCCCP(=O)(O)O)nc2-c2ccccc2)cc1.CCc1ccc(-c2ccc(CCCC(O)CC(=O)O)nc2-c2ccccc2)cc1.CCc1ccc(-c2ccc(COCCCP(=O)(O)O)nc2-c2ccccc2)cc1.CCc1ccc(-c2ccc(COCCCP(=O)(O)O)nc2-c2ccccc2)cc1. The highest BCUT2D eigenvalue weighted by molar-refractivity contribution is 7.52. The molecule has 8 aromatic carbocycles. The van der Waals surface area contributed by atoms with Crippen molar-refractivity contribution >= 4 is 28.8 Å². The number of ether oxygens (including phenoxy) is 2. The molecule has 0 aliphatic carbocycles. The van der Waals surface area contributed by atoms with Gasteiger partial charge < -0.3 is 49.0 Å². The monoisotopic (exact) mass is 1630 g/mol. The van der Waals surface area contributed by atoms with Crippen LogP contribution >= 0.6 is 22.8 Å². The second-order valence-corrected chi connectivity index (χ2v) is 34.1. The van der Waals surface area contributed by atoms with Crippen molar-refractivity contribution in [3.05, 3.63) is 312 Å². The zero-order valence-electron chi connectivity index (χ0n) is 67.2. The van der Waals surface area contributed by atoms with E-state index in [-0.39, 0.29) is 38.1 Å². The Bertz CT molecular complexity index is 4990. The Morgan fingerprint density at radius 3 is 0.915 bits per heavy atom. The van der Waals surface area contributed by atoms with Crippen molar-refractivity contribution in [1.82, 2.24) is 19.9 Å². The van der Waals surface area contributed by atoms with Gasteiger partial charge in [0.05, 0.1) is 72.2 Å². The summed E-state index contributed by atoms with van der Waals surface area (Å²) >= 11 is 0. The van der Waals surface area contributed by atoms with Gasteiger partial charge in [0, 0.05) is 75.3 Å². The third-order valence-corrected chi connectivity index (χ3v) is 22.3. The number of nitrogens with zero attached hydrogens (tertiary/aromatic N) is 4. The molecule has 18 nitrogen and oxygen atoms in total. The lowest BCUT2D eigenvalue weighted by Crippen LogP contribution is -2.13. The molecule has 4 heterocycles. The summed E-state index contributed by atoms with van der Waals surface area (Å²) in [6.45, 7) is 9.79. The first-order valence-corrected chi connectivity index (χ1v) is 45.6. The average molecular weight is 1640 g/mol. The number of carbonyl (C=O) groups is 1. The molecule has 8 N–H and O–H groups in total. The Balaban J connectivity index is 0.000000178. The van der Waals surface area contributed by atoms with Crippen LogP contribution in [0, 0.1) is 0 Å². The fraction of sp³-hybridized carbons (Fsp3) is 0.281. The Kier molecular flexibility index (Phi) is 36.5. The van der Waals surface area contributed by atoms with Gasteiger partial charge in [-0.15, -0.1) is 0 Å². The van der Waals surface area contributed by atoms with Crippen LogP contribution in [0.4, 0.5) is 0 Å². The molecule has 0 fully saturated rings. The van der Waals surface area contributed by atoms with Crippen molar-refractivity contribution in [3.63, 3.8) is 0 Å². The molecule has 4 aromatic heterocycles. The van der Waals surface area contributed by atoms with Gasteiger partial charge in [0.15, 0.2) is 0 Å². The van der Waals surface area contributed by atoms with Crippen LogP contribution in [-0.4, -0.2) is 103 Å². The van der Waals surface area contributed by atoms with E-state index in [1.165, 1.54) is 22.3 Å². The molecular weight excluding hydrogens is 1530 g/mol. The summed E-state index contributed by atoms with van der Waals surface area (Å²) in [6, 6.07) is 91.2. The normalized spacial score (nSPS) is 11.6. The van der Waals surface area contributed by atoms with Crippen LogP contribution < -0.4 is 0 Å². The highest BCUT2D eigenvalue weighted by Crippen LogP contribution is 2.40. The number of carboxylic acids is 1. The van der Waals surface area contributed by atoms with Gasteiger partial charge in [0.25, 0.3) is 0 Å². The molecule has 0 radical (unpaired) electrons. The molecule has 0 amide bonds. The quantitative estimate of drug-likeness (QED) is 0.0133. The predicted octanol–water partition coefficient (Wildman–Crippen LogP) is 21.5. The Morgan fingerprint density at radius 2 is 0.615 bits per heavy atom. The molecule has 0 saturated heterocycles. The van der Waals surface area contributed by atoms with Gasteiger partial charge in [-0.1, -0.05) is 283 Å². The first kappa shape index (κ1) is 91.1. The first-order valence-electron chi connectivity index (χ1n) is 40.2. The van der Waals surface area contributed by atoms with E-state index in [1.54, 1.807) is 0 Å². The fourth-order valence-corrected chi connectivity index (χ4v) is 15.0. The van der Waals surface area contributed by atoms with Crippen molar-refractivity contribution < 1.29 is 67.5 Å². The molecule has 12 aromatic rings. The molecule has 0 spiro atoms. The number of rotatable bonds is 37. The van der Waals surface area contributed by atoms with Crippen molar-refractivity contribution in [2.75, 3.05) is 31.7 Å². The molecule has 12 rings (SSSR count). The number of aliphatic carboxylic acids is 1. The number of aromatic nitrogens is 4. The lowest BCUT2D eigenvalue weighted by Gasteiger charge is -2.13. The van der Waals surface area contributed by atoms with Crippen molar-refractivity contribution in [3.8, 4) is 89.5 Å². The Hall–Kier alpha value is -9.84. The number of unbranched alkanes of at least 4 members (excludes halogenated alkanes) is 2. The minimum Gasteiger partial charge on any atom is -0.481 e. The number of aliphatic hydroxyl groups excluding tert-OH is 1. The van der Waals surface area contributed by atoms with Crippen LogP contribution in [0.25, 0.3) is 89.5 Å². The largest absolute Gasteiger partial charge is 0.481 e. The minimum atomic E-state index is -3.97. The van der Waals surface area contributed by atoms with Crippen LogP contribution in [0.2, 0.25) is 0 Å². The van der Waals surface area contributed by atoms with Crippen molar-refractivity contribution in [2.24, 2.45) is 0 Å². The van der Waals surface area contributed by atoms with E-state index < -0.39 is 34.9 Å². The number of carboxylic acid groups (broad SMARTS) is 1. The summed E-state index contributed by atoms with van der Waals surface area (Å²) < 4.78 is 43.9. The van der Waals surface area contributed by atoms with E-state index in [2.05, 4.69) is 179 Å². The number of aryl methyl sites for hydroxylation is 6. The predicted molar refractivity (Wildman–Crippen MR) is 471 cm³/mol. The number of aliphatic hydroxyl groups is 1. The zero-order chi connectivity index (χ0) is 83.4. The highest BCUT2D eigenvalue weighted by Gasteiger charge is 2.19. The first-order chi connectivity index (χ1) is 56.4. The maximum Gasteiger partial charge on any atom is 0.325 e. The highest BCUT2D eigenvalue weighted by atomic mass is 31.2. The number of pyridine rings is 4. The molecule has 0 aliphatic rings. The van der Waals surface area contributed by atoms with Crippen LogP contribution in [0.5, 0.6) is 0 Å². The van der Waals surface area contributed by atoms with Gasteiger partial charge >= 0.3 is 28.8 Å². The smallest absolute Gasteiger partial charge is 0.325 e. The van der Waals surface area contributed by atoms with E-state index in [9.17, 15) is 23.6 Å². The summed E-state index contributed by atoms with van der Waals surface area (Å²) in [5.74, 6) is -0.972. The molecule has 117 heavy (non-hydrogen) atoms. The molecule has 0 saturated carbocycles. The maximum atomic E-state index is 11.0. The van der Waals surface area contributed by atoms with Crippen molar-refractivity contribution in [2.45, 2.75) is 143 Å². The van der Waals surface area contributed by atoms with Gasteiger partial charge in [-0.05, 0) is 146 Å². The van der Waals surface area contributed by atoms with Gasteiger partial charge in [0.2, 0.25) is 0 Å². The molecule has 21 heteroatoms. The third-order valence-electron chi connectivity index (χ3n) is 19.6. The molecular formula is C96H109N4O14P3. The van der Waals surface area contributed by atoms with E-state index in [4.69, 9.17) is 63.9 Å². The number of hydrogen-bond donors (Lipinski definition) is 8. The molecule has 0 bridgehead atoms. The summed E-state index contributed by atoms with van der Waals surface area (Å²) in [7, 11) is -11.8. The van der Waals surface area contributed by atoms with E-state index in [0.717, 1.165) is 164 Å². The van der Waals surface area contributed by atoms with Gasteiger partial charge in [-0.25, -0.2) is 9.97 Å². The standard InChI is InChI=1S/C25H30NO3P.C25H27NO3.2C23H26NO4P/c1-2-9-20-13-15-21(16-14-20)24-18-17-23(12-7-4-8-19-30(27,28)29)26-25(24)22-10-5-3-6-11-22;1-2-18-11-13-19(14-12-18)23-16-15-21(9-6-10-22(27)17-24(28)29)26-25(23)20-7-4-3-5-8-20;2*1-2-18-9-11-19(12-10-18)22-14-13-21(17-28-15-6-16-29(25,26)27)24-23(22)20-7-4-3-5-8-20/h3,5-6,10-11,13-18H,2,4,7-9,12,19H2,1H3,(H2,27,28,29);3-5,7-8,11-16,22,27H,2,6,9-10,17H2,1H3,(H,28,29);2*3-5,7-14H,2,6,15-17H2,1H3,(H2,25,26,27). The summed E-state index contributed by atoms with van der Waals surface area (Å²) in [6.07, 6.45) is 9.33. The van der Waals surface area contributed by atoms with Gasteiger partial charge in [0.1, 0.15) is 0 Å². The third kappa shape index (κ3) is 31.2. The van der Waals surface area contributed by atoms with Gasteiger partial charge in [-0.3, -0.25) is 28.5 Å². The Labute approximate surface area is 688 Å². The average Bonchev–Trinajstić information content (AvgIpc) is 0.819. The number of hydrogen-bond acceptors (Lipinski definition) is 11. The van der Waals surface area contributed by atoms with Crippen molar-refractivity contribution in [1.29, 1.82) is 0 Å². The zero-order valence-corrected chi connectivity index (χ0v) is 69.9. The van der Waals surface area contributed by atoms with Crippen LogP contribution in [0.15, 0.2) is 267 Å². The lowest BCUT2D eigenvalue weighted by molar-refractivity contribution is -0.139. The minimum absolute atomic E-state index is 0.0390. The molecule has 1 atom stereocenters. The van der Waals surface area contributed by atoms with Crippen LogP contribution in [-0.2, 0) is 79.7 Å². The lowest BCUT2D eigenvalue weighted by atomic mass is 9.97. The second kappa shape index (κ2) is 46.9. The second-order valence-electron chi connectivity index (χ2n) is 28.8.